The Balaban J connectivity index is 4.14. The maximum atomic E-state index is 12.0. The molecule has 0 aliphatic rings. The smallest absolute Gasteiger partial charge is 0.306 e. The van der Waals surface area contributed by atoms with E-state index < -0.39 is 5.97 Å². The second kappa shape index (κ2) is 18.5. The SMILES string of the molecule is CCCCC/C=C\C(CCCCCCC(=O)O)OC(=O)CCCCCC. The van der Waals surface area contributed by atoms with E-state index in [4.69, 9.17) is 9.84 Å². The van der Waals surface area contributed by atoms with Crippen molar-refractivity contribution in [2.24, 2.45) is 0 Å². The number of ether oxygens (including phenoxy) is 1. The molecule has 152 valence electrons. The number of allylic oxidation sites excluding steroid dienone is 1. The number of carboxylic acid groups (broad SMARTS) is 1. The fourth-order valence-electron chi connectivity index (χ4n) is 2.85. The number of carboxylic acids is 1. The highest BCUT2D eigenvalue weighted by atomic mass is 16.5. The van der Waals surface area contributed by atoms with Gasteiger partial charge in [-0.15, -0.1) is 0 Å². The lowest BCUT2D eigenvalue weighted by Gasteiger charge is -2.14. The molecule has 0 rings (SSSR count). The lowest BCUT2D eigenvalue weighted by Crippen LogP contribution is -2.16. The summed E-state index contributed by atoms with van der Waals surface area (Å²) >= 11 is 0. The van der Waals surface area contributed by atoms with Crippen LogP contribution in [0, 0.1) is 0 Å². The molecule has 1 unspecified atom stereocenters. The molecule has 1 atom stereocenters. The first-order valence-corrected chi connectivity index (χ1v) is 10.7. The van der Waals surface area contributed by atoms with E-state index in [0.717, 1.165) is 51.4 Å². The molecule has 0 heterocycles. The number of hydrogen-bond acceptors (Lipinski definition) is 3. The topological polar surface area (TPSA) is 63.6 Å². The van der Waals surface area contributed by atoms with Crippen molar-refractivity contribution < 1.29 is 19.4 Å². The molecule has 0 aromatic carbocycles. The summed E-state index contributed by atoms with van der Waals surface area (Å²) in [5.41, 5.74) is 0. The minimum atomic E-state index is -0.727. The molecular weight excluding hydrogens is 328 g/mol. The Morgan fingerprint density at radius 3 is 2.15 bits per heavy atom. The average molecular weight is 369 g/mol. The summed E-state index contributed by atoms with van der Waals surface area (Å²) in [6, 6.07) is 0. The summed E-state index contributed by atoms with van der Waals surface area (Å²) in [7, 11) is 0. The van der Waals surface area contributed by atoms with Crippen molar-refractivity contribution in [1.82, 2.24) is 0 Å². The number of rotatable bonds is 18. The molecule has 0 saturated carbocycles. The van der Waals surface area contributed by atoms with Crippen molar-refractivity contribution in [1.29, 1.82) is 0 Å². The van der Waals surface area contributed by atoms with Crippen LogP contribution in [0.2, 0.25) is 0 Å². The molecule has 0 aliphatic carbocycles. The van der Waals surface area contributed by atoms with Crippen molar-refractivity contribution in [3.05, 3.63) is 12.2 Å². The molecule has 26 heavy (non-hydrogen) atoms. The molecule has 0 aromatic rings. The van der Waals surface area contributed by atoms with Gasteiger partial charge in [0, 0.05) is 12.8 Å². The summed E-state index contributed by atoms with van der Waals surface area (Å²) in [5, 5.41) is 8.65. The normalized spacial score (nSPS) is 12.4. The molecule has 4 nitrogen and oxygen atoms in total. The number of hydrogen-bond donors (Lipinski definition) is 1. The van der Waals surface area contributed by atoms with Gasteiger partial charge in [-0.2, -0.15) is 0 Å². The Morgan fingerprint density at radius 2 is 1.46 bits per heavy atom. The van der Waals surface area contributed by atoms with Gasteiger partial charge in [-0.1, -0.05) is 64.9 Å². The first kappa shape index (κ1) is 24.7. The average Bonchev–Trinajstić information content (AvgIpc) is 2.61. The first-order chi connectivity index (χ1) is 12.6. The quantitative estimate of drug-likeness (QED) is 0.172. The highest BCUT2D eigenvalue weighted by molar-refractivity contribution is 5.69. The van der Waals surface area contributed by atoms with Crippen LogP contribution < -0.4 is 0 Å². The van der Waals surface area contributed by atoms with Gasteiger partial charge in [0.25, 0.3) is 0 Å². The van der Waals surface area contributed by atoms with Crippen LogP contribution in [-0.2, 0) is 14.3 Å². The van der Waals surface area contributed by atoms with Crippen molar-refractivity contribution >= 4 is 11.9 Å². The Bertz CT molecular complexity index is 376. The summed E-state index contributed by atoms with van der Waals surface area (Å²) < 4.78 is 5.66. The molecule has 4 heteroatoms. The molecule has 0 bridgehead atoms. The van der Waals surface area contributed by atoms with Crippen LogP contribution in [0.5, 0.6) is 0 Å². The van der Waals surface area contributed by atoms with Gasteiger partial charge in [0.2, 0.25) is 0 Å². The second-order valence-corrected chi connectivity index (χ2v) is 7.11. The van der Waals surface area contributed by atoms with E-state index in [1.165, 1.54) is 32.1 Å². The number of unbranched alkanes of at least 4 members (excludes halogenated alkanes) is 9. The highest BCUT2D eigenvalue weighted by Crippen LogP contribution is 2.13. The number of aliphatic carboxylic acids is 1. The van der Waals surface area contributed by atoms with Gasteiger partial charge < -0.3 is 9.84 Å². The number of carbonyl (C=O) groups is 2. The Hall–Kier alpha value is -1.32. The lowest BCUT2D eigenvalue weighted by molar-refractivity contribution is -0.147. The van der Waals surface area contributed by atoms with E-state index in [1.807, 2.05) is 0 Å². The fraction of sp³-hybridized carbons (Fsp3) is 0.818. The van der Waals surface area contributed by atoms with Crippen molar-refractivity contribution in [2.75, 3.05) is 0 Å². The molecule has 0 saturated heterocycles. The van der Waals surface area contributed by atoms with Crippen LogP contribution in [-0.4, -0.2) is 23.1 Å². The van der Waals surface area contributed by atoms with E-state index >= 15 is 0 Å². The van der Waals surface area contributed by atoms with Crippen LogP contribution in [0.3, 0.4) is 0 Å². The molecule has 0 spiro atoms. The largest absolute Gasteiger partial charge is 0.481 e. The molecule has 0 radical (unpaired) electrons. The molecular formula is C22H40O4. The van der Waals surface area contributed by atoms with Gasteiger partial charge >= 0.3 is 11.9 Å². The van der Waals surface area contributed by atoms with Crippen molar-refractivity contribution in [3.8, 4) is 0 Å². The standard InChI is InChI=1S/C22H40O4/c1-3-5-7-9-12-16-20(17-13-10-11-14-18-21(23)24)26-22(25)19-15-8-6-4-2/h12,16,20H,3-11,13-15,17-19H2,1-2H3,(H,23,24)/b16-12-. The van der Waals surface area contributed by atoms with Crippen molar-refractivity contribution in [3.63, 3.8) is 0 Å². The van der Waals surface area contributed by atoms with Crippen LogP contribution >= 0.6 is 0 Å². The maximum Gasteiger partial charge on any atom is 0.306 e. The second-order valence-electron chi connectivity index (χ2n) is 7.11. The molecule has 1 N–H and O–H groups in total. The zero-order valence-electron chi connectivity index (χ0n) is 17.0. The van der Waals surface area contributed by atoms with Crippen LogP contribution in [0.15, 0.2) is 12.2 Å². The van der Waals surface area contributed by atoms with E-state index in [2.05, 4.69) is 26.0 Å². The molecule has 0 fully saturated rings. The molecule has 0 aromatic heterocycles. The molecule has 0 amide bonds. The zero-order chi connectivity index (χ0) is 19.5. The summed E-state index contributed by atoms with van der Waals surface area (Å²) in [4.78, 5) is 22.6. The minimum absolute atomic E-state index is 0.0878. The Kier molecular flexibility index (Phi) is 17.5. The summed E-state index contributed by atoms with van der Waals surface area (Å²) in [5.74, 6) is -0.815. The van der Waals surface area contributed by atoms with Gasteiger partial charge in [-0.05, 0) is 44.6 Å². The van der Waals surface area contributed by atoms with Gasteiger partial charge in [0.1, 0.15) is 6.10 Å². The van der Waals surface area contributed by atoms with Gasteiger partial charge in [-0.25, -0.2) is 0 Å². The predicted molar refractivity (Wildman–Crippen MR) is 107 cm³/mol. The van der Waals surface area contributed by atoms with E-state index in [0.29, 0.717) is 6.42 Å². The van der Waals surface area contributed by atoms with E-state index in [-0.39, 0.29) is 18.5 Å². The van der Waals surface area contributed by atoms with E-state index in [1.54, 1.807) is 0 Å². The summed E-state index contributed by atoms with van der Waals surface area (Å²) in [6.07, 6.45) is 18.3. The first-order valence-electron chi connectivity index (χ1n) is 10.7. The Morgan fingerprint density at radius 1 is 0.846 bits per heavy atom. The third kappa shape index (κ3) is 17.5. The Labute approximate surface area is 160 Å². The van der Waals surface area contributed by atoms with Crippen LogP contribution in [0.1, 0.15) is 110 Å². The van der Waals surface area contributed by atoms with Gasteiger partial charge in [-0.3, -0.25) is 9.59 Å². The third-order valence-corrected chi connectivity index (χ3v) is 4.47. The highest BCUT2D eigenvalue weighted by Gasteiger charge is 2.11. The van der Waals surface area contributed by atoms with Crippen LogP contribution in [0.4, 0.5) is 0 Å². The third-order valence-electron chi connectivity index (χ3n) is 4.47. The fourth-order valence-corrected chi connectivity index (χ4v) is 2.85. The predicted octanol–water partition coefficient (Wildman–Crippen LogP) is 6.43. The monoisotopic (exact) mass is 368 g/mol. The van der Waals surface area contributed by atoms with Crippen LogP contribution in [0.25, 0.3) is 0 Å². The van der Waals surface area contributed by atoms with Crippen molar-refractivity contribution in [2.45, 2.75) is 116 Å². The molecule has 0 aliphatic heterocycles. The summed E-state index contributed by atoms with van der Waals surface area (Å²) in [6.45, 7) is 4.35. The van der Waals surface area contributed by atoms with Gasteiger partial charge in [0.05, 0.1) is 0 Å². The van der Waals surface area contributed by atoms with E-state index in [9.17, 15) is 9.59 Å². The minimum Gasteiger partial charge on any atom is -0.481 e. The maximum absolute atomic E-state index is 12.0. The number of carbonyl (C=O) groups excluding carboxylic acids is 1. The van der Waals surface area contributed by atoms with Gasteiger partial charge in [0.15, 0.2) is 0 Å². The zero-order valence-corrected chi connectivity index (χ0v) is 17.0. The lowest BCUT2D eigenvalue weighted by atomic mass is 10.1. The number of esters is 1.